The molecular formula is C87H100N22O17. The molecule has 4 aromatic carbocycles. The number of hydrogen-bond donors (Lipinski definition) is 11. The van der Waals surface area contributed by atoms with Crippen LogP contribution in [0.2, 0.25) is 0 Å². The number of rotatable bonds is 41. The van der Waals surface area contributed by atoms with Crippen molar-refractivity contribution in [3.63, 3.8) is 0 Å². The number of benzene rings is 4. The fraction of sp³-hybridized carbons (Fsp3) is 0.356. The lowest BCUT2D eigenvalue weighted by atomic mass is 10.0. The maximum Gasteiger partial charge on any atom is 0.278 e. The first-order chi connectivity index (χ1) is 60.7. The maximum absolute atomic E-state index is 13.6. The Bertz CT molecular complexity index is 5560. The lowest BCUT2D eigenvalue weighted by molar-refractivity contribution is -0.136. The van der Waals surface area contributed by atoms with Crippen molar-refractivity contribution in [1.82, 2.24) is 64.6 Å². The number of anilines is 12. The molecule has 5 aromatic heterocycles. The molecule has 11 N–H and O–H groups in total. The zero-order chi connectivity index (χ0) is 89.0. The van der Waals surface area contributed by atoms with Crippen LogP contribution in [0, 0.1) is 0 Å². The number of amides is 9. The minimum absolute atomic E-state index is 0.0403. The molecule has 9 heterocycles. The SMILES string of the molecule is C=CCNC(=O)c1cnc(Nc2ccc(N3CCN(CCOCCOCC(=O)Nc4cc(NC(=O)COCCOCCN5CCN(c6ccc(Nc7ncc8c(=O)n(CC=C)n(-c9cccc(C(C)(C)O)n9)c8n7)cc6)CC5)cc(NC(=O)COCC(=O)Nc5cccc6c5C(=O)N(C5CCC(=O)NC5=O)C6=O)c4)CC3)cc2)nc1Nc1cccc(C(C)(C)O)n1. The Balaban J connectivity index is 0.538. The minimum Gasteiger partial charge on any atom is -0.384 e. The Hall–Kier alpha value is -13.6. The van der Waals surface area contributed by atoms with E-state index < -0.39 is 83.6 Å². The molecule has 4 aliphatic rings. The number of hydrogen-bond acceptors (Lipinski definition) is 30. The average Bonchev–Trinajstić information content (AvgIpc) is 1.61. The van der Waals surface area contributed by atoms with E-state index in [2.05, 4.69) is 106 Å². The van der Waals surface area contributed by atoms with Gasteiger partial charge in [0.25, 0.3) is 23.3 Å². The second-order valence-electron chi connectivity index (χ2n) is 30.9. The van der Waals surface area contributed by atoms with E-state index >= 15 is 0 Å². The Morgan fingerprint density at radius 3 is 1.60 bits per heavy atom. The summed E-state index contributed by atoms with van der Waals surface area (Å²) in [4.78, 5) is 169. The Morgan fingerprint density at radius 1 is 0.540 bits per heavy atom. The summed E-state index contributed by atoms with van der Waals surface area (Å²) >= 11 is 0. The second-order valence-corrected chi connectivity index (χ2v) is 30.9. The van der Waals surface area contributed by atoms with Crippen molar-refractivity contribution in [3.05, 3.63) is 197 Å². The largest absolute Gasteiger partial charge is 0.384 e. The topological polar surface area (TPSA) is 469 Å². The smallest absolute Gasteiger partial charge is 0.278 e. The molecule has 39 heteroatoms. The number of nitrogens with zero attached hydrogens (tertiary/aromatic N) is 13. The Morgan fingerprint density at radius 2 is 1.06 bits per heavy atom. The molecule has 0 radical (unpaired) electrons. The van der Waals surface area contributed by atoms with Crippen molar-refractivity contribution in [2.24, 2.45) is 0 Å². The second kappa shape index (κ2) is 41.7. The van der Waals surface area contributed by atoms with Crippen molar-refractivity contribution in [3.8, 4) is 5.82 Å². The lowest BCUT2D eigenvalue weighted by Crippen LogP contribution is -2.54. The van der Waals surface area contributed by atoms with Crippen LogP contribution in [0.4, 0.5) is 69.0 Å². The zero-order valence-corrected chi connectivity index (χ0v) is 70.2. The summed E-state index contributed by atoms with van der Waals surface area (Å²) in [6, 6.07) is 33.5. The summed E-state index contributed by atoms with van der Waals surface area (Å²) in [5.74, 6) is -4.50. The molecule has 39 nitrogen and oxygen atoms in total. The van der Waals surface area contributed by atoms with Crippen LogP contribution in [0.5, 0.6) is 0 Å². The van der Waals surface area contributed by atoms with Crippen LogP contribution >= 0.6 is 0 Å². The highest BCUT2D eigenvalue weighted by Crippen LogP contribution is 2.34. The molecule has 9 aromatic rings. The van der Waals surface area contributed by atoms with E-state index in [-0.39, 0.29) is 128 Å². The van der Waals surface area contributed by atoms with Gasteiger partial charge in [0.1, 0.15) is 66.3 Å². The van der Waals surface area contributed by atoms with E-state index in [1.165, 1.54) is 53.5 Å². The van der Waals surface area contributed by atoms with Crippen LogP contribution in [0.15, 0.2) is 164 Å². The fourth-order valence-electron chi connectivity index (χ4n) is 14.3. The third-order valence-electron chi connectivity index (χ3n) is 20.6. The van der Waals surface area contributed by atoms with Gasteiger partial charge in [0.15, 0.2) is 11.5 Å². The molecule has 0 spiro atoms. The van der Waals surface area contributed by atoms with Gasteiger partial charge in [-0.05, 0) is 137 Å². The number of aromatic nitrogens is 8. The first kappa shape index (κ1) is 90.1. The van der Waals surface area contributed by atoms with Crippen LogP contribution < -0.4 is 63.2 Å². The van der Waals surface area contributed by atoms with Crippen LogP contribution in [0.25, 0.3) is 16.9 Å². The third kappa shape index (κ3) is 23.6. The number of aliphatic hydroxyl groups is 2. The van der Waals surface area contributed by atoms with E-state index in [0.717, 1.165) is 80.0 Å². The molecule has 0 bridgehead atoms. The molecule has 13 rings (SSSR count). The van der Waals surface area contributed by atoms with Gasteiger partial charge in [-0.1, -0.05) is 30.4 Å². The van der Waals surface area contributed by atoms with Gasteiger partial charge in [0, 0.05) is 131 Å². The van der Waals surface area contributed by atoms with Crippen molar-refractivity contribution in [2.45, 2.75) is 64.3 Å². The molecule has 0 saturated carbocycles. The van der Waals surface area contributed by atoms with Gasteiger partial charge in [0.05, 0.1) is 74.4 Å². The Labute approximate surface area is 724 Å². The highest BCUT2D eigenvalue weighted by Gasteiger charge is 2.46. The summed E-state index contributed by atoms with van der Waals surface area (Å²) in [6.45, 7) is 21.4. The number of piperazine rings is 2. The third-order valence-corrected chi connectivity index (χ3v) is 20.6. The molecule has 660 valence electrons. The quantitative estimate of drug-likeness (QED) is 0.0127. The van der Waals surface area contributed by atoms with E-state index in [1.54, 1.807) is 80.9 Å². The molecule has 1 atom stereocenters. The van der Waals surface area contributed by atoms with Crippen LogP contribution in [-0.4, -0.2) is 261 Å². The number of carbonyl (C=O) groups excluding carboxylic acids is 9. The van der Waals surface area contributed by atoms with Gasteiger partial charge in [-0.25, -0.2) is 29.3 Å². The lowest BCUT2D eigenvalue weighted by Gasteiger charge is -2.36. The summed E-state index contributed by atoms with van der Waals surface area (Å²) in [5, 5.41) is 46.7. The van der Waals surface area contributed by atoms with Crippen molar-refractivity contribution >= 4 is 133 Å². The highest BCUT2D eigenvalue weighted by atomic mass is 16.5. The molecule has 3 fully saturated rings. The zero-order valence-electron chi connectivity index (χ0n) is 70.2. The number of carbonyl (C=O) groups is 9. The number of allylic oxidation sites excluding steroid dienone is 1. The van der Waals surface area contributed by atoms with Crippen molar-refractivity contribution in [1.29, 1.82) is 0 Å². The van der Waals surface area contributed by atoms with Crippen LogP contribution in [0.1, 0.15) is 83.0 Å². The van der Waals surface area contributed by atoms with Gasteiger partial charge in [-0.3, -0.25) is 68.0 Å². The van der Waals surface area contributed by atoms with Crippen LogP contribution in [0.3, 0.4) is 0 Å². The molecule has 0 aliphatic carbocycles. The Kier molecular flexibility index (Phi) is 29.8. The predicted octanol–water partition coefficient (Wildman–Crippen LogP) is 5.53. The van der Waals surface area contributed by atoms with Crippen LogP contribution in [-0.2, 0) is 70.2 Å². The predicted molar refractivity (Wildman–Crippen MR) is 469 cm³/mol. The monoisotopic (exact) mass is 1720 g/mol. The molecule has 9 amide bonds. The first-order valence-electron chi connectivity index (χ1n) is 41.0. The van der Waals surface area contributed by atoms with Gasteiger partial charge in [-0.2, -0.15) is 9.97 Å². The maximum atomic E-state index is 13.6. The summed E-state index contributed by atoms with van der Waals surface area (Å²) in [6.07, 6.45) is 5.93. The number of ether oxygens (including phenoxy) is 5. The number of piperidine rings is 1. The number of imide groups is 2. The van der Waals surface area contributed by atoms with Gasteiger partial charge in [0.2, 0.25) is 47.3 Å². The van der Waals surface area contributed by atoms with E-state index in [1.807, 2.05) is 48.5 Å². The molecule has 4 aliphatic heterocycles. The number of pyridine rings is 2. The standard InChI is InChI=1S/C87H100N22O17/c1-7-28-88-79(115)63-49-89-84(101-77(63)99-69-16-10-14-67(97-69)86(3,4)120)94-55-18-22-60(23-19-55)105-34-30-103(31-35-105)38-40-122-42-44-124-51-72(111)91-57-46-58(48-59(47-57)93-74(113)53-126-54-75(114)96-65-13-9-12-62-76(65)83(119)108(82(62)118)66-26-27-71(110)100-80(66)116)92-73(112)52-125-45-43-123-41-39-104-32-36-106(37-33-104)61-24-20-56(21-25-61)95-85-90-50-64-78(102-85)109(107(29-8-2)81(64)117)70-17-11-15-68(98-70)87(5,6)121/h7-25,46-50,66,120-121H,1-2,26-45,51-54H2,3-6H3,(H,88,115)(H,91,111)(H,92,112)(H,93,113)(H,96,114)(H,90,95,102)(H,100,110,116)(H2,89,94,97,99,101). The van der Waals surface area contributed by atoms with Crippen molar-refractivity contribution < 1.29 is 77.0 Å². The summed E-state index contributed by atoms with van der Waals surface area (Å²) in [5.41, 5.74) is 2.35. The van der Waals surface area contributed by atoms with E-state index in [4.69, 9.17) is 28.7 Å². The summed E-state index contributed by atoms with van der Waals surface area (Å²) < 4.78 is 31.7. The van der Waals surface area contributed by atoms with Crippen molar-refractivity contribution in [2.75, 3.05) is 185 Å². The van der Waals surface area contributed by atoms with E-state index in [9.17, 15) is 58.2 Å². The van der Waals surface area contributed by atoms with Gasteiger partial charge < -0.3 is 86.2 Å². The molecule has 126 heavy (non-hydrogen) atoms. The summed E-state index contributed by atoms with van der Waals surface area (Å²) in [7, 11) is 0. The fourth-order valence-corrected chi connectivity index (χ4v) is 14.3. The number of nitrogens with one attached hydrogen (secondary N) is 9. The first-order valence-corrected chi connectivity index (χ1v) is 41.0. The highest BCUT2D eigenvalue weighted by molar-refractivity contribution is 6.26. The molecular weight excluding hydrogens is 1630 g/mol. The van der Waals surface area contributed by atoms with Gasteiger partial charge >= 0.3 is 0 Å². The number of fused-ring (bicyclic) bond motifs is 2. The average molecular weight is 1730 g/mol. The normalized spacial score (nSPS) is 15.1. The molecule has 3 saturated heterocycles. The molecule has 1 unspecified atom stereocenters. The van der Waals surface area contributed by atoms with Gasteiger partial charge in [-0.15, -0.1) is 13.2 Å². The minimum atomic E-state index is -1.23. The van der Waals surface area contributed by atoms with E-state index in [0.29, 0.717) is 60.4 Å².